The Bertz CT molecular complexity index is 1480. The number of hydrogen-bond donors (Lipinski definition) is 2. The van der Waals surface area contributed by atoms with E-state index in [-0.39, 0.29) is 5.69 Å². The molecular formula is C30H30F3N5O. The third-order valence-electron chi connectivity index (χ3n) is 7.00. The van der Waals surface area contributed by atoms with Crippen LogP contribution in [0.1, 0.15) is 40.7 Å². The van der Waals surface area contributed by atoms with Crippen molar-refractivity contribution in [3.05, 3.63) is 83.6 Å². The second-order valence-corrected chi connectivity index (χ2v) is 9.86. The highest BCUT2D eigenvalue weighted by molar-refractivity contribution is 6.05. The van der Waals surface area contributed by atoms with Crippen LogP contribution >= 0.6 is 0 Å². The summed E-state index contributed by atoms with van der Waals surface area (Å²) in [5.74, 6) is 0.108. The summed E-state index contributed by atoms with van der Waals surface area (Å²) in [6.45, 7) is 6.00. The van der Waals surface area contributed by atoms with Gasteiger partial charge in [-0.2, -0.15) is 13.2 Å². The number of alkyl halides is 3. The number of carbonyl (C=O) groups is 1. The molecule has 1 aliphatic rings. The predicted octanol–water partition coefficient (Wildman–Crippen LogP) is 6.77. The first-order chi connectivity index (χ1) is 18.8. The van der Waals surface area contributed by atoms with Crippen molar-refractivity contribution in [1.82, 2.24) is 14.9 Å². The van der Waals surface area contributed by atoms with Gasteiger partial charge in [0.1, 0.15) is 0 Å². The Balaban J connectivity index is 1.30. The van der Waals surface area contributed by atoms with Crippen LogP contribution in [0.2, 0.25) is 0 Å². The quantitative estimate of drug-likeness (QED) is 0.274. The SMILES string of the molecule is Cc1ccc(C(=O)Nc2cccc(C(F)(F)F)c2)cc1-c1ccc2nc(NCCN3CCCCC3)ncc2c1. The third-order valence-corrected chi connectivity index (χ3v) is 7.00. The van der Waals surface area contributed by atoms with Crippen LogP contribution in [0.3, 0.4) is 0 Å². The van der Waals surface area contributed by atoms with Crippen molar-refractivity contribution in [2.45, 2.75) is 32.4 Å². The highest BCUT2D eigenvalue weighted by Gasteiger charge is 2.30. The number of amides is 1. The fraction of sp³-hybridized carbons (Fsp3) is 0.300. The molecule has 6 nitrogen and oxygen atoms in total. The van der Waals surface area contributed by atoms with Crippen molar-refractivity contribution in [3.8, 4) is 11.1 Å². The van der Waals surface area contributed by atoms with E-state index in [9.17, 15) is 18.0 Å². The number of fused-ring (bicyclic) bond motifs is 1. The van der Waals surface area contributed by atoms with Gasteiger partial charge in [-0.3, -0.25) is 4.79 Å². The molecular weight excluding hydrogens is 503 g/mol. The van der Waals surface area contributed by atoms with Crippen LogP contribution < -0.4 is 10.6 Å². The van der Waals surface area contributed by atoms with Crippen molar-refractivity contribution in [2.75, 3.05) is 36.8 Å². The highest BCUT2D eigenvalue weighted by atomic mass is 19.4. The molecule has 202 valence electrons. The molecule has 1 aliphatic heterocycles. The number of likely N-dealkylation sites (tertiary alicyclic amines) is 1. The first-order valence-electron chi connectivity index (χ1n) is 13.1. The Labute approximate surface area is 225 Å². The largest absolute Gasteiger partial charge is 0.416 e. The maximum atomic E-state index is 13.0. The monoisotopic (exact) mass is 533 g/mol. The van der Waals surface area contributed by atoms with Crippen LogP contribution in [0.4, 0.5) is 24.8 Å². The third kappa shape index (κ3) is 6.54. The van der Waals surface area contributed by atoms with Gasteiger partial charge in [-0.1, -0.05) is 24.6 Å². The summed E-state index contributed by atoms with van der Waals surface area (Å²) in [5, 5.41) is 6.76. The minimum absolute atomic E-state index is 0.0835. The molecule has 0 radical (unpaired) electrons. The van der Waals surface area contributed by atoms with Crippen molar-refractivity contribution < 1.29 is 18.0 Å². The summed E-state index contributed by atoms with van der Waals surface area (Å²) in [5.41, 5.74) is 3.12. The summed E-state index contributed by atoms with van der Waals surface area (Å²) in [6, 6.07) is 15.7. The summed E-state index contributed by atoms with van der Waals surface area (Å²) in [4.78, 5) is 24.5. The topological polar surface area (TPSA) is 70.2 Å². The standard InChI is InChI=1S/C30H30F3N5O/c1-20-8-9-22(28(39)36-25-7-5-6-24(18-25)30(31,32)33)17-26(20)21-10-11-27-23(16-21)19-35-29(37-27)34-12-15-38-13-3-2-4-14-38/h5-11,16-19H,2-4,12-15H2,1H3,(H,36,39)(H,34,35,37). The van der Waals surface area contributed by atoms with E-state index in [4.69, 9.17) is 0 Å². The van der Waals surface area contributed by atoms with Gasteiger partial charge in [0.15, 0.2) is 0 Å². The van der Waals surface area contributed by atoms with Gasteiger partial charge in [0.05, 0.1) is 11.1 Å². The fourth-order valence-electron chi connectivity index (χ4n) is 4.85. The Morgan fingerprint density at radius 2 is 1.82 bits per heavy atom. The molecule has 1 fully saturated rings. The van der Waals surface area contributed by atoms with Crippen molar-refractivity contribution in [2.24, 2.45) is 0 Å². The fourth-order valence-corrected chi connectivity index (χ4v) is 4.85. The maximum absolute atomic E-state index is 13.0. The number of rotatable bonds is 7. The summed E-state index contributed by atoms with van der Waals surface area (Å²) in [7, 11) is 0. The summed E-state index contributed by atoms with van der Waals surface area (Å²) >= 11 is 0. The van der Waals surface area contributed by atoms with Crippen LogP contribution in [0.15, 0.2) is 66.9 Å². The number of benzene rings is 3. The van der Waals surface area contributed by atoms with Crippen LogP contribution in [0.25, 0.3) is 22.0 Å². The molecule has 0 spiro atoms. The van der Waals surface area contributed by atoms with Crippen LogP contribution in [-0.4, -0.2) is 47.0 Å². The lowest BCUT2D eigenvalue weighted by Gasteiger charge is -2.26. The Morgan fingerprint density at radius 1 is 1.00 bits per heavy atom. The molecule has 0 atom stereocenters. The molecule has 3 aromatic carbocycles. The lowest BCUT2D eigenvalue weighted by atomic mass is 9.97. The number of aromatic nitrogens is 2. The van der Waals surface area contributed by atoms with E-state index in [1.807, 2.05) is 31.2 Å². The zero-order valence-electron chi connectivity index (χ0n) is 21.7. The predicted molar refractivity (Wildman–Crippen MR) is 148 cm³/mol. The number of aryl methyl sites for hydroxylation is 1. The van der Waals surface area contributed by atoms with Gasteiger partial charge < -0.3 is 15.5 Å². The van der Waals surface area contributed by atoms with E-state index < -0.39 is 17.6 Å². The van der Waals surface area contributed by atoms with Crippen LogP contribution in [0.5, 0.6) is 0 Å². The Kier molecular flexibility index (Phi) is 7.79. The Hall–Kier alpha value is -3.98. The normalized spacial score (nSPS) is 14.4. The molecule has 39 heavy (non-hydrogen) atoms. The maximum Gasteiger partial charge on any atom is 0.416 e. The molecule has 2 heterocycles. The molecule has 5 rings (SSSR count). The van der Waals surface area contributed by atoms with Gasteiger partial charge in [-0.05, 0) is 92.0 Å². The van der Waals surface area contributed by atoms with E-state index in [2.05, 4.69) is 25.5 Å². The van der Waals surface area contributed by atoms with Gasteiger partial charge in [-0.25, -0.2) is 9.97 Å². The lowest BCUT2D eigenvalue weighted by Crippen LogP contribution is -2.33. The first kappa shape index (κ1) is 26.6. The van der Waals surface area contributed by atoms with Gasteiger partial charge >= 0.3 is 6.18 Å². The van der Waals surface area contributed by atoms with Crippen molar-refractivity contribution >= 4 is 28.4 Å². The van der Waals surface area contributed by atoms with Crippen molar-refractivity contribution in [1.29, 1.82) is 0 Å². The average molecular weight is 534 g/mol. The second-order valence-electron chi connectivity index (χ2n) is 9.86. The van der Waals surface area contributed by atoms with E-state index in [1.165, 1.54) is 31.4 Å². The van der Waals surface area contributed by atoms with Gasteiger partial charge in [-0.15, -0.1) is 0 Å². The van der Waals surface area contributed by atoms with E-state index >= 15 is 0 Å². The number of nitrogens with one attached hydrogen (secondary N) is 2. The Morgan fingerprint density at radius 3 is 2.62 bits per heavy atom. The molecule has 0 aliphatic carbocycles. The van der Waals surface area contributed by atoms with Gasteiger partial charge in [0, 0.05) is 35.9 Å². The highest BCUT2D eigenvalue weighted by Crippen LogP contribution is 2.31. The first-order valence-corrected chi connectivity index (χ1v) is 13.1. The number of piperidine rings is 1. The molecule has 0 bridgehead atoms. The van der Waals surface area contributed by atoms with Gasteiger partial charge in [0.25, 0.3) is 5.91 Å². The molecule has 1 aromatic heterocycles. The number of nitrogens with zero attached hydrogens (tertiary/aromatic N) is 3. The second kappa shape index (κ2) is 11.4. The zero-order chi connectivity index (χ0) is 27.4. The number of hydrogen-bond acceptors (Lipinski definition) is 5. The minimum atomic E-state index is -4.48. The number of halogens is 3. The molecule has 2 N–H and O–H groups in total. The summed E-state index contributed by atoms with van der Waals surface area (Å²) in [6.07, 6.45) is 1.14. The molecule has 4 aromatic rings. The molecule has 1 saturated heterocycles. The van der Waals surface area contributed by atoms with E-state index in [0.717, 1.165) is 65.9 Å². The summed E-state index contributed by atoms with van der Waals surface area (Å²) < 4.78 is 39.1. The number of anilines is 2. The molecule has 1 amide bonds. The van der Waals surface area contributed by atoms with Gasteiger partial charge in [0.2, 0.25) is 5.95 Å². The lowest BCUT2D eigenvalue weighted by molar-refractivity contribution is -0.137. The molecule has 9 heteroatoms. The van der Waals surface area contributed by atoms with Crippen molar-refractivity contribution in [3.63, 3.8) is 0 Å². The van der Waals surface area contributed by atoms with Crippen LogP contribution in [0, 0.1) is 6.92 Å². The minimum Gasteiger partial charge on any atom is -0.353 e. The zero-order valence-corrected chi connectivity index (χ0v) is 21.7. The van der Waals surface area contributed by atoms with E-state index in [0.29, 0.717) is 11.5 Å². The number of carbonyl (C=O) groups excluding carboxylic acids is 1. The average Bonchev–Trinajstić information content (AvgIpc) is 2.93. The smallest absolute Gasteiger partial charge is 0.353 e. The van der Waals surface area contributed by atoms with Crippen LogP contribution in [-0.2, 0) is 6.18 Å². The molecule has 0 saturated carbocycles. The van der Waals surface area contributed by atoms with E-state index in [1.54, 1.807) is 18.3 Å². The molecule has 0 unspecified atom stereocenters.